The van der Waals surface area contributed by atoms with E-state index >= 15 is 0 Å². The molecule has 0 amide bonds. The van der Waals surface area contributed by atoms with Crippen molar-refractivity contribution in [1.29, 1.82) is 0 Å². The fourth-order valence-electron chi connectivity index (χ4n) is 5.44. The molecule has 0 spiro atoms. The minimum Gasteiger partial charge on any atom is -0.0695 e. The van der Waals surface area contributed by atoms with Gasteiger partial charge >= 0.3 is 0 Å². The molecule has 0 bridgehead atoms. The minimum absolute atomic E-state index is 1.15. The van der Waals surface area contributed by atoms with Crippen LogP contribution in [0.1, 0.15) is 5.56 Å². The quantitative estimate of drug-likeness (QED) is 0.219. The van der Waals surface area contributed by atoms with Gasteiger partial charge in [-0.2, -0.15) is 0 Å². The second-order valence-electron chi connectivity index (χ2n) is 8.41. The predicted octanol–water partition coefficient (Wildman–Crippen LogP) is 6.60. The smallest absolute Gasteiger partial charge is 0.0409 e. The number of hydrogen-bond acceptors (Lipinski definition) is 0. The molecule has 31 heavy (non-hydrogen) atoms. The molecule has 0 heterocycles. The zero-order valence-corrected chi connectivity index (χ0v) is 17.2. The van der Waals surface area contributed by atoms with Crippen LogP contribution in [0.2, 0.25) is 0 Å². The lowest BCUT2D eigenvalue weighted by molar-refractivity contribution is 1.42. The van der Waals surface area contributed by atoms with E-state index in [0.717, 1.165) is 5.22 Å². The van der Waals surface area contributed by atoms with E-state index in [1.54, 1.807) is 0 Å². The average Bonchev–Trinajstić information content (AvgIpc) is 2.83. The largest absolute Gasteiger partial charge is 0.0695 e. The van der Waals surface area contributed by atoms with Crippen molar-refractivity contribution in [2.75, 3.05) is 0 Å². The van der Waals surface area contributed by atoms with Gasteiger partial charge in [0.1, 0.15) is 0 Å². The Labute approximate surface area is 179 Å². The number of aryl methyl sites for hydroxylation is 1. The molecule has 0 N–H and O–H groups in total. The summed E-state index contributed by atoms with van der Waals surface area (Å²) >= 11 is 0. The maximum Gasteiger partial charge on any atom is 0.0409 e. The molecule has 0 heteroatoms. The predicted molar refractivity (Wildman–Crippen MR) is 133 cm³/mol. The molecule has 6 aromatic carbocycles. The van der Waals surface area contributed by atoms with Crippen molar-refractivity contribution in [2.45, 2.75) is 6.92 Å². The summed E-state index contributed by atoms with van der Waals surface area (Å²) in [6.45, 7) is 2.21. The van der Waals surface area contributed by atoms with Gasteiger partial charge in [-0.05, 0) is 78.5 Å². The van der Waals surface area contributed by atoms with Crippen molar-refractivity contribution in [1.82, 2.24) is 0 Å². The van der Waals surface area contributed by atoms with Gasteiger partial charge in [-0.1, -0.05) is 90.3 Å². The maximum absolute atomic E-state index is 3.45. The molecule has 0 atom stereocenters. The number of rotatable bonds is 1. The Hall–Kier alpha value is -4.08. The van der Waals surface area contributed by atoms with Crippen LogP contribution in [0.5, 0.6) is 0 Å². The van der Waals surface area contributed by atoms with Gasteiger partial charge in [-0.3, -0.25) is 0 Å². The highest BCUT2D eigenvalue weighted by Crippen LogP contribution is 2.39. The summed E-state index contributed by atoms with van der Waals surface area (Å²) in [6.07, 6.45) is 4.14. The first-order valence-electron chi connectivity index (χ1n) is 10.7. The molecular formula is C31H18. The summed E-state index contributed by atoms with van der Waals surface area (Å²) in [5.41, 5.74) is 10.5. The Kier molecular flexibility index (Phi) is 3.21. The van der Waals surface area contributed by atoms with Crippen molar-refractivity contribution >= 4 is 54.9 Å². The van der Waals surface area contributed by atoms with Crippen LogP contribution in [-0.4, -0.2) is 0 Å². The highest BCUT2D eigenvalue weighted by atomic mass is 14.2. The Morgan fingerprint density at radius 2 is 1.32 bits per heavy atom. The van der Waals surface area contributed by atoms with E-state index in [1.807, 2.05) is 6.08 Å². The summed E-state index contributed by atoms with van der Waals surface area (Å²) in [5.74, 6) is 0. The van der Waals surface area contributed by atoms with Crippen LogP contribution < -0.4 is 10.4 Å². The second-order valence-corrected chi connectivity index (χ2v) is 8.41. The van der Waals surface area contributed by atoms with Crippen molar-refractivity contribution < 1.29 is 0 Å². The van der Waals surface area contributed by atoms with E-state index in [9.17, 15) is 0 Å². The fraction of sp³-hybridized carbons (Fsp3) is 0.0323. The van der Waals surface area contributed by atoms with Crippen molar-refractivity contribution in [3.05, 3.63) is 107 Å². The standard InChI is InChI=1S/C31H18/c1-19-23-9-2-4-11-25(23)31(26-12-5-3-10-24(19)26)28-18-16-22-14-13-20-7-6-8-21-15-17-27(28)30(22)29(20)21/h2-4,6-11,13-18H,1H3. The monoisotopic (exact) mass is 390 g/mol. The molecule has 0 aromatic heterocycles. The van der Waals surface area contributed by atoms with Crippen LogP contribution in [0.15, 0.2) is 90.7 Å². The minimum atomic E-state index is 1.15. The zero-order chi connectivity index (χ0) is 20.5. The summed E-state index contributed by atoms with van der Waals surface area (Å²) in [7, 11) is 0. The van der Waals surface area contributed by atoms with E-state index in [-0.39, 0.29) is 0 Å². The zero-order valence-electron chi connectivity index (χ0n) is 17.2. The average molecular weight is 390 g/mol. The highest BCUT2D eigenvalue weighted by Gasteiger charge is 2.16. The molecule has 142 valence electrons. The van der Waals surface area contributed by atoms with E-state index < -0.39 is 0 Å². The molecule has 0 unspecified atom stereocenters. The Morgan fingerprint density at radius 1 is 0.613 bits per heavy atom. The van der Waals surface area contributed by atoms with E-state index in [0.29, 0.717) is 0 Å². The van der Waals surface area contributed by atoms with Gasteiger partial charge < -0.3 is 0 Å². The molecule has 0 saturated heterocycles. The topological polar surface area (TPSA) is 0 Å². The molecular weight excluding hydrogens is 372 g/mol. The third-order valence-corrected chi connectivity index (χ3v) is 6.85. The van der Waals surface area contributed by atoms with Crippen LogP contribution in [-0.2, 0) is 0 Å². The first-order valence-corrected chi connectivity index (χ1v) is 10.7. The maximum atomic E-state index is 3.45. The molecule has 1 aliphatic rings. The molecule has 0 saturated carbocycles. The van der Waals surface area contributed by atoms with Crippen molar-refractivity contribution in [3.63, 3.8) is 0 Å². The summed E-state index contributed by atoms with van der Waals surface area (Å²) in [5, 5.41) is 12.9. The molecule has 0 aliphatic heterocycles. The van der Waals surface area contributed by atoms with E-state index in [1.165, 1.54) is 65.0 Å². The molecule has 7 rings (SSSR count). The molecule has 1 aliphatic carbocycles. The SMILES string of the molecule is Cc1c2c(c(-c3ccc4ccc5cccc6ccc3c4c56)c3ccccc13)=C=C=CC=2. The van der Waals surface area contributed by atoms with Crippen LogP contribution in [0.4, 0.5) is 0 Å². The molecule has 6 aromatic rings. The first kappa shape index (κ1) is 16.7. The van der Waals surface area contributed by atoms with Gasteiger partial charge in [0, 0.05) is 10.8 Å². The fourth-order valence-corrected chi connectivity index (χ4v) is 5.44. The van der Waals surface area contributed by atoms with Crippen molar-refractivity contribution in [3.8, 4) is 11.1 Å². The van der Waals surface area contributed by atoms with Crippen LogP contribution in [0, 0.1) is 6.92 Å². The Morgan fingerprint density at radius 3 is 2.16 bits per heavy atom. The van der Waals surface area contributed by atoms with Gasteiger partial charge in [0.05, 0.1) is 0 Å². The lowest BCUT2D eigenvalue weighted by Gasteiger charge is -2.17. The van der Waals surface area contributed by atoms with E-state index in [2.05, 4.69) is 103 Å². The van der Waals surface area contributed by atoms with Gasteiger partial charge in [0.2, 0.25) is 0 Å². The lowest BCUT2D eigenvalue weighted by atomic mass is 9.86. The summed E-state index contributed by atoms with van der Waals surface area (Å²) < 4.78 is 0. The number of benzene rings is 6. The van der Waals surface area contributed by atoms with Crippen LogP contribution in [0.3, 0.4) is 0 Å². The molecule has 0 radical (unpaired) electrons. The number of allylic oxidation sites excluding steroid dienone is 1. The number of hydrogen-bond donors (Lipinski definition) is 0. The lowest BCUT2D eigenvalue weighted by Crippen LogP contribution is -2.29. The van der Waals surface area contributed by atoms with Gasteiger partial charge in [0.15, 0.2) is 0 Å². The Bertz CT molecular complexity index is 1890. The van der Waals surface area contributed by atoms with Gasteiger partial charge in [-0.25, -0.2) is 0 Å². The second kappa shape index (κ2) is 5.97. The van der Waals surface area contributed by atoms with E-state index in [4.69, 9.17) is 0 Å². The van der Waals surface area contributed by atoms with Gasteiger partial charge in [-0.15, -0.1) is 0 Å². The normalized spacial score (nSPS) is 12.5. The van der Waals surface area contributed by atoms with Crippen LogP contribution >= 0.6 is 0 Å². The first-order chi connectivity index (χ1) is 15.3. The number of fused-ring (bicyclic) bond motifs is 2. The van der Waals surface area contributed by atoms with Crippen molar-refractivity contribution in [2.24, 2.45) is 0 Å². The summed E-state index contributed by atoms with van der Waals surface area (Å²) in [4.78, 5) is 0. The molecule has 0 nitrogen and oxygen atoms in total. The third kappa shape index (κ3) is 2.16. The third-order valence-electron chi connectivity index (χ3n) is 6.85. The van der Waals surface area contributed by atoms with Gasteiger partial charge in [0.25, 0.3) is 0 Å². The van der Waals surface area contributed by atoms with Crippen LogP contribution in [0.25, 0.3) is 66.0 Å². The summed E-state index contributed by atoms with van der Waals surface area (Å²) in [6, 6.07) is 28.9. The Balaban J connectivity index is 1.77. The highest BCUT2D eigenvalue weighted by molar-refractivity contribution is 6.26. The molecule has 0 fully saturated rings.